The summed E-state index contributed by atoms with van der Waals surface area (Å²) in [4.78, 5) is 20.3. The van der Waals surface area contributed by atoms with E-state index in [1.807, 2.05) is 30.3 Å². The number of nitrogens with zero attached hydrogens (tertiary/aromatic N) is 3. The summed E-state index contributed by atoms with van der Waals surface area (Å²) < 4.78 is 6.22. The molecule has 2 heterocycles. The summed E-state index contributed by atoms with van der Waals surface area (Å²) in [5.41, 5.74) is 1.62. The number of ether oxygens (including phenoxy) is 1. The van der Waals surface area contributed by atoms with E-state index in [9.17, 15) is 4.79 Å². The second-order valence-corrected chi connectivity index (χ2v) is 10.9. The number of allylic oxidation sites excluding steroid dienone is 1. The maximum atomic E-state index is 13.3. The Morgan fingerprint density at radius 3 is 2.47 bits per heavy atom. The van der Waals surface area contributed by atoms with Crippen molar-refractivity contribution in [1.82, 2.24) is 14.7 Å². The normalized spacial score (nSPS) is 21.1. The van der Waals surface area contributed by atoms with Crippen LogP contribution in [0.15, 0.2) is 41.8 Å². The van der Waals surface area contributed by atoms with Crippen molar-refractivity contribution in [2.24, 2.45) is 11.3 Å². The van der Waals surface area contributed by atoms with E-state index in [2.05, 4.69) is 47.8 Å². The Balaban J connectivity index is 1.72. The van der Waals surface area contributed by atoms with Crippen LogP contribution in [0.3, 0.4) is 0 Å². The van der Waals surface area contributed by atoms with E-state index in [4.69, 9.17) is 10.1 Å². The second-order valence-electron chi connectivity index (χ2n) is 10.9. The summed E-state index contributed by atoms with van der Waals surface area (Å²) in [5, 5.41) is 11.1. The van der Waals surface area contributed by atoms with Crippen molar-refractivity contribution in [3.8, 4) is 0 Å². The smallest absolute Gasteiger partial charge is 0.293 e. The van der Waals surface area contributed by atoms with Crippen LogP contribution in [0.25, 0.3) is 0 Å². The number of carbonyl (C=O) groups is 1. The van der Waals surface area contributed by atoms with Crippen molar-refractivity contribution in [3.05, 3.63) is 41.8 Å². The SMILES string of the molecule is CN1CCCC(CO/C(C(=O)Nc2ccccc2)=C(/C=N)N2CCN(CCC(C)(C)C)CC2)C1. The molecule has 1 aromatic rings. The van der Waals surface area contributed by atoms with Crippen LogP contribution in [0.4, 0.5) is 5.69 Å². The lowest BCUT2D eigenvalue weighted by Crippen LogP contribution is -2.47. The highest BCUT2D eigenvalue weighted by Crippen LogP contribution is 2.22. The molecule has 34 heavy (non-hydrogen) atoms. The lowest BCUT2D eigenvalue weighted by atomic mass is 9.92. The Bertz CT molecular complexity index is 825. The van der Waals surface area contributed by atoms with Crippen molar-refractivity contribution in [2.75, 3.05) is 64.8 Å². The molecule has 7 nitrogen and oxygen atoms in total. The van der Waals surface area contributed by atoms with Crippen molar-refractivity contribution in [2.45, 2.75) is 40.0 Å². The number of piperazine rings is 1. The van der Waals surface area contributed by atoms with Gasteiger partial charge in [0, 0.05) is 50.5 Å². The molecule has 3 rings (SSSR count). The van der Waals surface area contributed by atoms with Gasteiger partial charge in [-0.15, -0.1) is 0 Å². The van der Waals surface area contributed by atoms with Gasteiger partial charge in [0.15, 0.2) is 0 Å². The molecule has 188 valence electrons. The molecule has 2 N–H and O–H groups in total. The summed E-state index contributed by atoms with van der Waals surface area (Å²) in [6.07, 6.45) is 4.69. The van der Waals surface area contributed by atoms with Crippen LogP contribution in [0, 0.1) is 16.7 Å². The van der Waals surface area contributed by atoms with Crippen LogP contribution in [0.1, 0.15) is 40.0 Å². The maximum absolute atomic E-state index is 13.3. The summed E-state index contributed by atoms with van der Waals surface area (Å²) >= 11 is 0. The van der Waals surface area contributed by atoms with Gasteiger partial charge in [-0.3, -0.25) is 9.69 Å². The van der Waals surface area contributed by atoms with E-state index in [0.29, 0.717) is 23.6 Å². The Kier molecular flexibility index (Phi) is 9.54. The molecule has 2 fully saturated rings. The molecular formula is C27H43N5O2. The number of amides is 1. The molecule has 1 atom stereocenters. The van der Waals surface area contributed by atoms with Crippen LogP contribution in [-0.2, 0) is 9.53 Å². The van der Waals surface area contributed by atoms with Gasteiger partial charge < -0.3 is 25.3 Å². The predicted octanol–water partition coefficient (Wildman–Crippen LogP) is 3.90. The minimum atomic E-state index is -0.288. The van der Waals surface area contributed by atoms with E-state index in [-0.39, 0.29) is 11.7 Å². The molecular weight excluding hydrogens is 426 g/mol. The molecule has 1 aromatic carbocycles. The van der Waals surface area contributed by atoms with Gasteiger partial charge >= 0.3 is 0 Å². The first-order valence-electron chi connectivity index (χ1n) is 12.6. The van der Waals surface area contributed by atoms with Crippen LogP contribution in [0.2, 0.25) is 0 Å². The molecule has 0 bridgehead atoms. The standard InChI is InChI=1S/C27H43N5O2/c1-27(2,3)12-14-31-15-17-32(18-16-31)24(19-28)25(26(33)29-23-10-6-5-7-11-23)34-21-22-9-8-13-30(4)20-22/h5-7,10-11,19,22,28H,8-9,12-18,20-21H2,1-4H3,(H,29,33)/b25-24-,28-19?. The minimum absolute atomic E-state index is 0.259. The van der Waals surface area contributed by atoms with E-state index in [0.717, 1.165) is 70.8 Å². The number of anilines is 1. The molecule has 2 saturated heterocycles. The highest BCUT2D eigenvalue weighted by molar-refractivity contribution is 6.05. The molecule has 0 aliphatic carbocycles. The summed E-state index contributed by atoms with van der Waals surface area (Å²) in [5.74, 6) is 0.360. The van der Waals surface area contributed by atoms with Gasteiger partial charge in [-0.2, -0.15) is 0 Å². The summed E-state index contributed by atoms with van der Waals surface area (Å²) in [6.45, 7) is 13.9. The number of benzene rings is 1. The number of rotatable bonds is 9. The highest BCUT2D eigenvalue weighted by Gasteiger charge is 2.27. The van der Waals surface area contributed by atoms with Gasteiger partial charge in [-0.25, -0.2) is 0 Å². The number of piperidine rings is 1. The van der Waals surface area contributed by atoms with Gasteiger partial charge in [0.2, 0.25) is 5.76 Å². The average Bonchev–Trinajstić information content (AvgIpc) is 2.81. The fraction of sp³-hybridized carbons (Fsp3) is 0.630. The topological polar surface area (TPSA) is 71.9 Å². The fourth-order valence-corrected chi connectivity index (χ4v) is 4.58. The second kappa shape index (κ2) is 12.4. The third kappa shape index (κ3) is 8.13. The Morgan fingerprint density at radius 1 is 1.15 bits per heavy atom. The zero-order valence-corrected chi connectivity index (χ0v) is 21.5. The first-order chi connectivity index (χ1) is 16.2. The van der Waals surface area contributed by atoms with E-state index in [1.54, 1.807) is 0 Å². The molecule has 0 aromatic heterocycles. The summed E-state index contributed by atoms with van der Waals surface area (Å²) in [7, 11) is 2.13. The van der Waals surface area contributed by atoms with E-state index < -0.39 is 0 Å². The van der Waals surface area contributed by atoms with Crippen molar-refractivity contribution in [1.29, 1.82) is 5.41 Å². The number of hydrogen-bond acceptors (Lipinski definition) is 6. The summed E-state index contributed by atoms with van der Waals surface area (Å²) in [6, 6.07) is 9.44. The number of hydrogen-bond donors (Lipinski definition) is 2. The molecule has 0 saturated carbocycles. The molecule has 1 unspecified atom stereocenters. The van der Waals surface area contributed by atoms with Crippen molar-refractivity contribution < 1.29 is 9.53 Å². The Hall–Kier alpha value is -2.38. The van der Waals surface area contributed by atoms with Crippen LogP contribution < -0.4 is 5.32 Å². The largest absolute Gasteiger partial charge is 0.486 e. The van der Waals surface area contributed by atoms with Gasteiger partial charge in [-0.05, 0) is 56.9 Å². The predicted molar refractivity (Wildman–Crippen MR) is 139 cm³/mol. The van der Waals surface area contributed by atoms with Gasteiger partial charge in [-0.1, -0.05) is 39.0 Å². The van der Waals surface area contributed by atoms with Gasteiger partial charge in [0.05, 0.1) is 6.61 Å². The van der Waals surface area contributed by atoms with Gasteiger partial charge in [0.25, 0.3) is 5.91 Å². The number of carbonyl (C=O) groups excluding carboxylic acids is 1. The highest BCUT2D eigenvalue weighted by atomic mass is 16.5. The third-order valence-electron chi connectivity index (χ3n) is 6.68. The molecule has 0 radical (unpaired) electrons. The average molecular weight is 470 g/mol. The molecule has 7 heteroatoms. The Morgan fingerprint density at radius 2 is 1.85 bits per heavy atom. The van der Waals surface area contributed by atoms with Gasteiger partial charge in [0.1, 0.15) is 5.70 Å². The Labute approximate surface area is 205 Å². The quantitative estimate of drug-likeness (QED) is 0.326. The van der Waals surface area contributed by atoms with Crippen molar-refractivity contribution >= 4 is 17.8 Å². The molecule has 2 aliphatic heterocycles. The van der Waals surface area contributed by atoms with Crippen LogP contribution in [-0.4, -0.2) is 86.3 Å². The maximum Gasteiger partial charge on any atom is 0.293 e. The third-order valence-corrected chi connectivity index (χ3v) is 6.68. The lowest BCUT2D eigenvalue weighted by Gasteiger charge is -2.38. The number of para-hydroxylation sites is 1. The van der Waals surface area contributed by atoms with E-state index >= 15 is 0 Å². The van der Waals surface area contributed by atoms with E-state index in [1.165, 1.54) is 6.21 Å². The molecule has 0 spiro atoms. The number of nitrogens with one attached hydrogen (secondary N) is 2. The lowest BCUT2D eigenvalue weighted by molar-refractivity contribution is -0.116. The van der Waals surface area contributed by atoms with Crippen molar-refractivity contribution in [3.63, 3.8) is 0 Å². The monoisotopic (exact) mass is 469 g/mol. The first kappa shape index (κ1) is 26.2. The minimum Gasteiger partial charge on any atom is -0.486 e. The molecule has 2 aliphatic rings. The zero-order chi connectivity index (χ0) is 24.6. The number of likely N-dealkylation sites (tertiary alicyclic amines) is 1. The fourth-order valence-electron chi connectivity index (χ4n) is 4.58. The van der Waals surface area contributed by atoms with Crippen LogP contribution in [0.5, 0.6) is 0 Å². The molecule has 1 amide bonds. The van der Waals surface area contributed by atoms with Crippen LogP contribution >= 0.6 is 0 Å². The zero-order valence-electron chi connectivity index (χ0n) is 21.5. The first-order valence-corrected chi connectivity index (χ1v) is 12.6.